The molecule has 108 valence electrons. The van der Waals surface area contributed by atoms with Crippen LogP contribution in [0.25, 0.3) is 0 Å². The topological polar surface area (TPSA) is 88.7 Å². The summed E-state index contributed by atoms with van der Waals surface area (Å²) in [7, 11) is 0. The average molecular weight is 285 g/mol. The van der Waals surface area contributed by atoms with E-state index in [1.807, 2.05) is 6.07 Å². The van der Waals surface area contributed by atoms with E-state index in [0.29, 0.717) is 18.6 Å². The maximum atomic E-state index is 12.4. The van der Waals surface area contributed by atoms with E-state index >= 15 is 0 Å². The summed E-state index contributed by atoms with van der Waals surface area (Å²) in [6, 6.07) is 3.61. The zero-order valence-corrected chi connectivity index (χ0v) is 11.3. The van der Waals surface area contributed by atoms with E-state index in [4.69, 9.17) is 4.74 Å². The highest BCUT2D eigenvalue weighted by atomic mass is 16.5. The number of ether oxygens (including phenoxy) is 1. The Morgan fingerprint density at radius 1 is 1.38 bits per heavy atom. The molecule has 0 radical (unpaired) electrons. The van der Waals surface area contributed by atoms with Crippen LogP contribution in [0.2, 0.25) is 0 Å². The largest absolute Gasteiger partial charge is 0.504 e. The fourth-order valence-electron chi connectivity index (χ4n) is 5.93. The van der Waals surface area contributed by atoms with E-state index in [-0.39, 0.29) is 23.1 Å². The molecule has 3 N–H and O–H groups in total. The minimum atomic E-state index is -0.935. The number of nitrogens with one attached hydrogen (secondary N) is 1. The molecule has 5 aliphatic rings. The van der Waals surface area contributed by atoms with Crippen molar-refractivity contribution < 1.29 is 19.7 Å². The standard InChI is InChI=1S/C16H15NO4/c18-8-2-1-7-5-14-6-15-10(7)11(8)21-12(15)9(19)3-4-16(15,20)13(14)17-14/h1-2,12-13,17-18,20H,3-6H2/t12?,13-,14?,15+,16-/m1/s1. The number of carbonyl (C=O) groups excluding carboxylic acids is 1. The fraction of sp³-hybridized carbons (Fsp3) is 0.562. The molecule has 2 heterocycles. The summed E-state index contributed by atoms with van der Waals surface area (Å²) in [6.45, 7) is 0. The van der Waals surface area contributed by atoms with Crippen LogP contribution < -0.4 is 10.1 Å². The fourth-order valence-corrected chi connectivity index (χ4v) is 5.93. The number of aliphatic hydroxyl groups is 1. The Labute approximate surface area is 120 Å². The third-order valence-electron chi connectivity index (χ3n) is 6.65. The molecule has 5 nitrogen and oxygen atoms in total. The lowest BCUT2D eigenvalue weighted by molar-refractivity contribution is -0.146. The molecule has 2 saturated carbocycles. The molecule has 2 aliphatic heterocycles. The maximum absolute atomic E-state index is 12.4. The van der Waals surface area contributed by atoms with Crippen molar-refractivity contribution in [1.82, 2.24) is 5.32 Å². The third-order valence-corrected chi connectivity index (χ3v) is 6.65. The molecule has 21 heavy (non-hydrogen) atoms. The van der Waals surface area contributed by atoms with Crippen LogP contribution in [-0.4, -0.2) is 39.3 Å². The monoisotopic (exact) mass is 285 g/mol. The second-order valence-electron chi connectivity index (χ2n) is 7.39. The number of benzene rings is 1. The van der Waals surface area contributed by atoms with Crippen LogP contribution in [0.3, 0.4) is 0 Å². The number of piperidine rings is 1. The Hall–Kier alpha value is -1.59. The Morgan fingerprint density at radius 2 is 2.24 bits per heavy atom. The van der Waals surface area contributed by atoms with Crippen molar-refractivity contribution in [1.29, 1.82) is 0 Å². The van der Waals surface area contributed by atoms with Crippen molar-refractivity contribution in [3.05, 3.63) is 23.3 Å². The first-order chi connectivity index (χ1) is 10.0. The van der Waals surface area contributed by atoms with Crippen molar-refractivity contribution in [2.75, 3.05) is 0 Å². The van der Waals surface area contributed by atoms with Crippen molar-refractivity contribution >= 4 is 5.78 Å². The lowest BCUT2D eigenvalue weighted by atomic mass is 9.57. The van der Waals surface area contributed by atoms with Gasteiger partial charge in [0, 0.05) is 17.5 Å². The van der Waals surface area contributed by atoms with Gasteiger partial charge in [0.05, 0.1) is 17.1 Å². The molecule has 3 fully saturated rings. The lowest BCUT2D eigenvalue weighted by Crippen LogP contribution is -2.64. The van der Waals surface area contributed by atoms with Crippen LogP contribution in [0.4, 0.5) is 0 Å². The second kappa shape index (κ2) is 2.71. The number of rotatable bonds is 0. The molecular formula is C16H15NO4. The quantitative estimate of drug-likeness (QED) is 0.591. The van der Waals surface area contributed by atoms with E-state index < -0.39 is 17.1 Å². The molecule has 3 aliphatic carbocycles. The molecule has 2 bridgehead atoms. The van der Waals surface area contributed by atoms with Crippen molar-refractivity contribution in [3.8, 4) is 11.5 Å². The minimum absolute atomic E-state index is 0.0460. The van der Waals surface area contributed by atoms with E-state index in [9.17, 15) is 15.0 Å². The number of aromatic hydroxyl groups is 1. The van der Waals surface area contributed by atoms with Crippen molar-refractivity contribution in [2.24, 2.45) is 0 Å². The van der Waals surface area contributed by atoms with Gasteiger partial charge in [0.15, 0.2) is 23.4 Å². The van der Waals surface area contributed by atoms with Gasteiger partial charge in [0.25, 0.3) is 0 Å². The number of fused-ring (bicyclic) bond motifs is 1. The smallest absolute Gasteiger partial charge is 0.174 e. The number of ketones is 1. The van der Waals surface area contributed by atoms with Gasteiger partial charge >= 0.3 is 0 Å². The molecule has 2 spiro atoms. The van der Waals surface area contributed by atoms with Gasteiger partial charge in [0.2, 0.25) is 0 Å². The Balaban J connectivity index is 1.76. The average Bonchev–Trinajstić information content (AvgIpc) is 2.95. The summed E-state index contributed by atoms with van der Waals surface area (Å²) >= 11 is 0. The number of hydrogen-bond donors (Lipinski definition) is 3. The van der Waals surface area contributed by atoms with Crippen LogP contribution in [0.1, 0.15) is 30.4 Å². The summed E-state index contributed by atoms with van der Waals surface area (Å²) in [4.78, 5) is 12.4. The van der Waals surface area contributed by atoms with E-state index in [1.54, 1.807) is 6.07 Å². The Morgan fingerprint density at radius 3 is 3.10 bits per heavy atom. The van der Waals surface area contributed by atoms with E-state index in [0.717, 1.165) is 24.0 Å². The van der Waals surface area contributed by atoms with Crippen LogP contribution in [0.15, 0.2) is 12.1 Å². The molecule has 5 heteroatoms. The molecule has 1 aromatic carbocycles. The van der Waals surface area contributed by atoms with Crippen molar-refractivity contribution in [2.45, 2.75) is 54.4 Å². The van der Waals surface area contributed by atoms with Gasteiger partial charge in [-0.05, 0) is 30.9 Å². The highest BCUT2D eigenvalue weighted by Crippen LogP contribution is 2.72. The van der Waals surface area contributed by atoms with E-state index in [2.05, 4.69) is 5.32 Å². The third kappa shape index (κ3) is 0.849. The number of carbonyl (C=O) groups is 1. The van der Waals surface area contributed by atoms with Crippen LogP contribution in [-0.2, 0) is 16.6 Å². The highest BCUT2D eigenvalue weighted by Gasteiger charge is 2.85. The number of phenolic OH excluding ortho intramolecular Hbond substituents is 1. The Bertz CT molecular complexity index is 761. The normalized spacial score (nSPS) is 50.4. The Kier molecular flexibility index (Phi) is 1.42. The minimum Gasteiger partial charge on any atom is -0.504 e. The zero-order chi connectivity index (χ0) is 14.2. The zero-order valence-electron chi connectivity index (χ0n) is 11.3. The first kappa shape index (κ1) is 11.0. The van der Waals surface area contributed by atoms with Gasteiger partial charge in [-0.2, -0.15) is 0 Å². The molecule has 6 rings (SSSR count). The maximum Gasteiger partial charge on any atom is 0.174 e. The molecule has 2 unspecified atom stereocenters. The first-order valence-corrected chi connectivity index (χ1v) is 7.57. The van der Waals surface area contributed by atoms with Gasteiger partial charge in [-0.15, -0.1) is 0 Å². The van der Waals surface area contributed by atoms with Crippen LogP contribution in [0.5, 0.6) is 11.5 Å². The van der Waals surface area contributed by atoms with E-state index in [1.165, 1.54) is 0 Å². The summed E-state index contributed by atoms with van der Waals surface area (Å²) in [5.74, 6) is 0.569. The molecule has 0 amide bonds. The van der Waals surface area contributed by atoms with Crippen molar-refractivity contribution in [3.63, 3.8) is 0 Å². The number of hydrogen-bond acceptors (Lipinski definition) is 5. The SMILES string of the molecule is O=C1CC[C@@]2(O)[C@@H]3NC34Cc3ccc(O)c5c3[C@@]2(C4)C1O5. The van der Waals surface area contributed by atoms with Gasteiger partial charge in [0.1, 0.15) is 0 Å². The molecular weight excluding hydrogens is 270 g/mol. The number of Topliss-reactive ketones (excluding diaryl/α,β-unsaturated/α-hetero) is 1. The van der Waals surface area contributed by atoms with Crippen LogP contribution >= 0.6 is 0 Å². The first-order valence-electron chi connectivity index (χ1n) is 7.57. The summed E-state index contributed by atoms with van der Waals surface area (Å²) in [5.41, 5.74) is 0.349. The molecule has 5 atom stereocenters. The van der Waals surface area contributed by atoms with Gasteiger partial charge in [-0.25, -0.2) is 0 Å². The lowest BCUT2D eigenvalue weighted by Gasteiger charge is -2.48. The molecule has 1 saturated heterocycles. The van der Waals surface area contributed by atoms with Crippen LogP contribution in [0, 0.1) is 0 Å². The highest BCUT2D eigenvalue weighted by molar-refractivity contribution is 5.90. The number of phenols is 1. The summed E-state index contributed by atoms with van der Waals surface area (Å²) in [5, 5.41) is 25.1. The van der Waals surface area contributed by atoms with Gasteiger partial charge in [-0.3, -0.25) is 4.79 Å². The van der Waals surface area contributed by atoms with Gasteiger partial charge < -0.3 is 20.3 Å². The summed E-state index contributed by atoms with van der Waals surface area (Å²) < 4.78 is 5.91. The second-order valence-corrected chi connectivity index (χ2v) is 7.39. The molecule has 1 aromatic rings. The van der Waals surface area contributed by atoms with Gasteiger partial charge in [-0.1, -0.05) is 6.07 Å². The molecule has 0 aromatic heterocycles. The predicted octanol–water partition coefficient (Wildman–Crippen LogP) is 0.155. The predicted molar refractivity (Wildman–Crippen MR) is 71.4 cm³/mol. The summed E-state index contributed by atoms with van der Waals surface area (Å²) in [6.07, 6.45) is 1.78.